The highest BCUT2D eigenvalue weighted by atomic mass is 32.2. The summed E-state index contributed by atoms with van der Waals surface area (Å²) >= 11 is 1.76. The molecule has 0 fully saturated rings. The summed E-state index contributed by atoms with van der Waals surface area (Å²) in [5.74, 6) is 0.586. The Morgan fingerprint density at radius 2 is 2.06 bits per heavy atom. The van der Waals surface area contributed by atoms with Gasteiger partial charge in [-0.25, -0.2) is 0 Å². The van der Waals surface area contributed by atoms with Gasteiger partial charge in [-0.1, -0.05) is 0 Å². The Kier molecular flexibility index (Phi) is 4.17. The molecule has 1 aromatic heterocycles. The van der Waals surface area contributed by atoms with Crippen LogP contribution in [0.1, 0.15) is 13.8 Å². The van der Waals surface area contributed by atoms with Gasteiger partial charge in [-0.2, -0.15) is 26.7 Å². The van der Waals surface area contributed by atoms with Crippen molar-refractivity contribution >= 4 is 23.7 Å². The topological polar surface area (TPSA) is 86.0 Å². The van der Waals surface area contributed by atoms with Crippen molar-refractivity contribution in [3.05, 3.63) is 0 Å². The minimum Gasteiger partial charge on any atom is -0.467 e. The maximum atomic E-state index is 5.52. The summed E-state index contributed by atoms with van der Waals surface area (Å²) in [5.41, 5.74) is 5.52. The number of anilines is 2. The molecule has 0 saturated heterocycles. The van der Waals surface area contributed by atoms with Crippen LogP contribution in [0, 0.1) is 0 Å². The van der Waals surface area contributed by atoms with Gasteiger partial charge < -0.3 is 15.8 Å². The summed E-state index contributed by atoms with van der Waals surface area (Å²) in [6, 6.07) is 0.219. The molecule has 0 aliphatic rings. The number of ether oxygens (including phenoxy) is 1. The average molecular weight is 243 g/mol. The number of nitrogens with one attached hydrogen (secondary N) is 1. The lowest BCUT2D eigenvalue weighted by Gasteiger charge is -2.22. The Morgan fingerprint density at radius 3 is 2.62 bits per heavy atom. The zero-order chi connectivity index (χ0) is 12.2. The first-order valence-electron chi connectivity index (χ1n) is 4.81. The Morgan fingerprint density at radius 1 is 1.38 bits per heavy atom. The fourth-order valence-corrected chi connectivity index (χ4v) is 1.12. The second-order valence-electron chi connectivity index (χ2n) is 3.82. The largest absolute Gasteiger partial charge is 0.467 e. The van der Waals surface area contributed by atoms with Gasteiger partial charge in [0, 0.05) is 11.3 Å². The summed E-state index contributed by atoms with van der Waals surface area (Å²) < 4.78 is 5.01. The van der Waals surface area contributed by atoms with Gasteiger partial charge in [-0.3, -0.25) is 0 Å². The molecule has 1 heterocycles. The number of aromatic nitrogens is 3. The minimum absolute atomic E-state index is 0.106. The number of nitrogen functional groups attached to an aromatic ring is 1. The highest BCUT2D eigenvalue weighted by Crippen LogP contribution is 2.21. The number of methoxy groups -OCH3 is 1. The average Bonchev–Trinajstić information content (AvgIpc) is 2.26. The minimum atomic E-state index is 0.106. The molecule has 0 aliphatic heterocycles. The molecule has 1 aromatic rings. The van der Waals surface area contributed by atoms with E-state index in [2.05, 4.69) is 40.4 Å². The fourth-order valence-electron chi connectivity index (χ4n) is 0.907. The van der Waals surface area contributed by atoms with Gasteiger partial charge in [0.15, 0.2) is 0 Å². The molecule has 1 rings (SSSR count). The Labute approximate surface area is 99.4 Å². The summed E-state index contributed by atoms with van der Waals surface area (Å²) in [5, 5.41) is 3.11. The number of thioether (sulfide) groups is 1. The second-order valence-corrected chi connectivity index (χ2v) is 5.33. The molecule has 3 N–H and O–H groups in total. The van der Waals surface area contributed by atoms with E-state index in [1.807, 2.05) is 0 Å². The zero-order valence-corrected chi connectivity index (χ0v) is 10.8. The molecular formula is C9H17N5OS. The van der Waals surface area contributed by atoms with Crippen LogP contribution in [0.25, 0.3) is 0 Å². The molecule has 16 heavy (non-hydrogen) atoms. The van der Waals surface area contributed by atoms with E-state index < -0.39 is 0 Å². The van der Waals surface area contributed by atoms with Crippen molar-refractivity contribution in [3.8, 4) is 6.01 Å². The van der Waals surface area contributed by atoms with Gasteiger partial charge >= 0.3 is 6.01 Å². The van der Waals surface area contributed by atoms with E-state index in [0.29, 0.717) is 5.95 Å². The molecule has 0 atom stereocenters. The molecule has 0 spiro atoms. The van der Waals surface area contributed by atoms with E-state index in [0.717, 1.165) is 6.54 Å². The molecule has 0 aliphatic carbocycles. The normalized spacial score (nSPS) is 11.2. The van der Waals surface area contributed by atoms with Gasteiger partial charge in [-0.05, 0) is 20.1 Å². The molecule has 0 radical (unpaired) electrons. The number of hydrogen-bond donors (Lipinski definition) is 2. The zero-order valence-electron chi connectivity index (χ0n) is 9.94. The maximum Gasteiger partial charge on any atom is 0.322 e. The standard InChI is InChI=1S/C9H17N5OS/c1-9(2,16-4)5-11-7-12-6(10)13-8(14-7)15-3/h5H2,1-4H3,(H3,10,11,12,13,14). The Hall–Kier alpha value is -1.24. The number of nitrogens with zero attached hydrogens (tertiary/aromatic N) is 3. The summed E-state index contributed by atoms with van der Waals surface area (Å²) in [6.07, 6.45) is 2.06. The van der Waals surface area contributed by atoms with Crippen molar-refractivity contribution < 1.29 is 4.74 Å². The van der Waals surface area contributed by atoms with Crippen LogP contribution in [0.15, 0.2) is 0 Å². The van der Waals surface area contributed by atoms with Gasteiger partial charge in [0.1, 0.15) is 0 Å². The van der Waals surface area contributed by atoms with E-state index in [1.54, 1.807) is 11.8 Å². The Balaban J connectivity index is 2.70. The third-order valence-corrected chi connectivity index (χ3v) is 3.29. The molecule has 0 saturated carbocycles. The van der Waals surface area contributed by atoms with Crippen molar-refractivity contribution in [1.29, 1.82) is 0 Å². The third-order valence-electron chi connectivity index (χ3n) is 2.04. The summed E-state index contributed by atoms with van der Waals surface area (Å²) in [6.45, 7) is 5.00. The smallest absolute Gasteiger partial charge is 0.322 e. The second kappa shape index (κ2) is 5.20. The lowest BCUT2D eigenvalue weighted by molar-refractivity contribution is 0.379. The monoisotopic (exact) mass is 243 g/mol. The van der Waals surface area contributed by atoms with Crippen molar-refractivity contribution in [2.75, 3.05) is 31.0 Å². The van der Waals surface area contributed by atoms with E-state index in [1.165, 1.54) is 7.11 Å². The lowest BCUT2D eigenvalue weighted by atomic mass is 10.2. The highest BCUT2D eigenvalue weighted by molar-refractivity contribution is 7.99. The quantitative estimate of drug-likeness (QED) is 0.798. The number of rotatable bonds is 5. The predicted molar refractivity (Wildman–Crippen MR) is 66.9 cm³/mol. The first-order chi connectivity index (χ1) is 7.46. The lowest BCUT2D eigenvalue weighted by Crippen LogP contribution is -2.26. The maximum absolute atomic E-state index is 5.52. The summed E-state index contributed by atoms with van der Waals surface area (Å²) in [4.78, 5) is 11.8. The first kappa shape index (κ1) is 12.8. The van der Waals surface area contributed by atoms with Crippen molar-refractivity contribution in [2.45, 2.75) is 18.6 Å². The van der Waals surface area contributed by atoms with Crippen LogP contribution in [0.2, 0.25) is 0 Å². The van der Waals surface area contributed by atoms with Crippen LogP contribution in [0.5, 0.6) is 6.01 Å². The van der Waals surface area contributed by atoms with Crippen LogP contribution in [-0.2, 0) is 0 Å². The molecule has 0 unspecified atom stereocenters. The molecule has 90 valence electrons. The molecule has 0 bridgehead atoms. The Bertz CT molecular complexity index is 358. The molecule has 0 amide bonds. The predicted octanol–water partition coefficient (Wildman–Crippen LogP) is 1.02. The molecular weight excluding hydrogens is 226 g/mol. The molecule has 7 heteroatoms. The van der Waals surface area contributed by atoms with Crippen LogP contribution < -0.4 is 15.8 Å². The number of hydrogen-bond acceptors (Lipinski definition) is 7. The first-order valence-corrected chi connectivity index (χ1v) is 6.04. The van der Waals surface area contributed by atoms with E-state index in [4.69, 9.17) is 10.5 Å². The van der Waals surface area contributed by atoms with Crippen molar-refractivity contribution in [3.63, 3.8) is 0 Å². The van der Waals surface area contributed by atoms with Crippen LogP contribution in [0.4, 0.5) is 11.9 Å². The fraction of sp³-hybridized carbons (Fsp3) is 0.667. The molecule has 6 nitrogen and oxygen atoms in total. The van der Waals surface area contributed by atoms with Gasteiger partial charge in [-0.15, -0.1) is 0 Å². The van der Waals surface area contributed by atoms with Gasteiger partial charge in [0.2, 0.25) is 11.9 Å². The summed E-state index contributed by atoms with van der Waals surface area (Å²) in [7, 11) is 1.49. The molecule has 0 aromatic carbocycles. The van der Waals surface area contributed by atoms with E-state index >= 15 is 0 Å². The van der Waals surface area contributed by atoms with Crippen molar-refractivity contribution in [1.82, 2.24) is 15.0 Å². The van der Waals surface area contributed by atoms with Gasteiger partial charge in [0.05, 0.1) is 7.11 Å². The number of nitrogens with two attached hydrogens (primary N) is 1. The van der Waals surface area contributed by atoms with Gasteiger partial charge in [0.25, 0.3) is 0 Å². The van der Waals surface area contributed by atoms with E-state index in [9.17, 15) is 0 Å². The van der Waals surface area contributed by atoms with Crippen LogP contribution in [-0.4, -0.2) is 39.6 Å². The third kappa shape index (κ3) is 3.73. The van der Waals surface area contributed by atoms with Crippen molar-refractivity contribution in [2.24, 2.45) is 0 Å². The van der Waals surface area contributed by atoms with Crippen LogP contribution in [0.3, 0.4) is 0 Å². The SMILES string of the molecule is COc1nc(N)nc(NCC(C)(C)SC)n1. The van der Waals surface area contributed by atoms with E-state index in [-0.39, 0.29) is 16.7 Å². The highest BCUT2D eigenvalue weighted by Gasteiger charge is 2.16. The van der Waals surface area contributed by atoms with Crippen LogP contribution >= 0.6 is 11.8 Å².